The van der Waals surface area contributed by atoms with E-state index in [2.05, 4.69) is 12.2 Å². The van der Waals surface area contributed by atoms with Crippen LogP contribution in [-0.4, -0.2) is 12.5 Å². The van der Waals surface area contributed by atoms with E-state index in [1.165, 1.54) is 6.08 Å². The molecule has 0 aromatic heterocycles. The van der Waals surface area contributed by atoms with E-state index in [1.807, 2.05) is 37.3 Å². The van der Waals surface area contributed by atoms with Crippen LogP contribution >= 0.6 is 11.6 Å². The van der Waals surface area contributed by atoms with Gasteiger partial charge in [-0.2, -0.15) is 0 Å². The largest absolute Gasteiger partial charge is 0.493 e. The van der Waals surface area contributed by atoms with Crippen molar-refractivity contribution in [2.45, 2.75) is 26.7 Å². The number of anilines is 1. The van der Waals surface area contributed by atoms with Gasteiger partial charge in [-0.1, -0.05) is 43.1 Å². The van der Waals surface area contributed by atoms with Crippen LogP contribution in [0.3, 0.4) is 0 Å². The molecule has 0 spiro atoms. The molecule has 0 atom stereocenters. The first-order chi connectivity index (χ1) is 11.6. The van der Waals surface area contributed by atoms with Gasteiger partial charge in [0.25, 0.3) is 0 Å². The lowest BCUT2D eigenvalue weighted by Gasteiger charge is -2.09. The number of amides is 1. The number of halogens is 1. The molecule has 0 saturated heterocycles. The third-order valence-electron chi connectivity index (χ3n) is 3.54. The highest BCUT2D eigenvalue weighted by Crippen LogP contribution is 2.21. The summed E-state index contributed by atoms with van der Waals surface area (Å²) in [6, 6.07) is 13.1. The zero-order valence-electron chi connectivity index (χ0n) is 14.0. The van der Waals surface area contributed by atoms with Gasteiger partial charge in [0.05, 0.1) is 6.61 Å². The Kier molecular flexibility index (Phi) is 6.89. The molecule has 0 aliphatic heterocycles. The van der Waals surface area contributed by atoms with Crippen molar-refractivity contribution in [1.29, 1.82) is 0 Å². The molecule has 1 N–H and O–H groups in total. The van der Waals surface area contributed by atoms with Crippen LogP contribution < -0.4 is 10.1 Å². The minimum atomic E-state index is -0.191. The fourth-order valence-electron chi connectivity index (χ4n) is 2.18. The van der Waals surface area contributed by atoms with E-state index in [4.69, 9.17) is 16.3 Å². The van der Waals surface area contributed by atoms with Crippen LogP contribution in [0.15, 0.2) is 48.5 Å². The maximum Gasteiger partial charge on any atom is 0.248 e. The van der Waals surface area contributed by atoms with Gasteiger partial charge in [-0.25, -0.2) is 0 Å². The van der Waals surface area contributed by atoms with Gasteiger partial charge >= 0.3 is 0 Å². The molecule has 0 heterocycles. The Morgan fingerprint density at radius 2 is 2.04 bits per heavy atom. The zero-order chi connectivity index (χ0) is 17.4. The first-order valence-corrected chi connectivity index (χ1v) is 8.45. The average molecular weight is 344 g/mol. The second kappa shape index (κ2) is 9.14. The number of ether oxygens (including phenoxy) is 1. The highest BCUT2D eigenvalue weighted by atomic mass is 35.5. The van der Waals surface area contributed by atoms with E-state index in [-0.39, 0.29) is 5.91 Å². The standard InChI is InChI=1S/C20H22ClNO2/c1-3-4-13-24-19-8-6-5-7-16(19)9-12-20(23)22-18-11-10-17(21)14-15(18)2/h5-12,14H,3-4,13H2,1-2H3,(H,22,23)/b12-9+. The first-order valence-electron chi connectivity index (χ1n) is 8.07. The molecule has 24 heavy (non-hydrogen) atoms. The third kappa shape index (κ3) is 5.43. The smallest absolute Gasteiger partial charge is 0.248 e. The molecular weight excluding hydrogens is 322 g/mol. The first kappa shape index (κ1) is 18.1. The number of hydrogen-bond donors (Lipinski definition) is 1. The molecule has 0 fully saturated rings. The zero-order valence-corrected chi connectivity index (χ0v) is 14.8. The Balaban J connectivity index is 2.03. The maximum absolute atomic E-state index is 12.1. The van der Waals surface area contributed by atoms with Gasteiger partial charge in [0, 0.05) is 22.3 Å². The van der Waals surface area contributed by atoms with Gasteiger partial charge in [0.1, 0.15) is 5.75 Å². The van der Waals surface area contributed by atoms with Crippen molar-refractivity contribution in [2.24, 2.45) is 0 Å². The normalized spacial score (nSPS) is 10.8. The number of nitrogens with one attached hydrogen (secondary N) is 1. The summed E-state index contributed by atoms with van der Waals surface area (Å²) in [4.78, 5) is 12.1. The fraction of sp³-hybridized carbons (Fsp3) is 0.250. The van der Waals surface area contributed by atoms with Gasteiger partial charge in [0.2, 0.25) is 5.91 Å². The molecule has 0 bridgehead atoms. The van der Waals surface area contributed by atoms with Crippen LogP contribution in [0.4, 0.5) is 5.69 Å². The topological polar surface area (TPSA) is 38.3 Å². The van der Waals surface area contributed by atoms with Crippen molar-refractivity contribution < 1.29 is 9.53 Å². The summed E-state index contributed by atoms with van der Waals surface area (Å²) >= 11 is 5.92. The molecule has 126 valence electrons. The number of benzene rings is 2. The lowest BCUT2D eigenvalue weighted by molar-refractivity contribution is -0.111. The molecule has 0 saturated carbocycles. The third-order valence-corrected chi connectivity index (χ3v) is 3.77. The van der Waals surface area contributed by atoms with E-state index < -0.39 is 0 Å². The Morgan fingerprint density at radius 3 is 2.79 bits per heavy atom. The van der Waals surface area contributed by atoms with Gasteiger partial charge in [-0.05, 0) is 49.2 Å². The Bertz CT molecular complexity index is 725. The van der Waals surface area contributed by atoms with Crippen LogP contribution in [-0.2, 0) is 4.79 Å². The summed E-state index contributed by atoms with van der Waals surface area (Å²) in [5.41, 5.74) is 2.56. The lowest BCUT2D eigenvalue weighted by atomic mass is 10.1. The van der Waals surface area contributed by atoms with E-state index in [0.717, 1.165) is 35.4 Å². The summed E-state index contributed by atoms with van der Waals surface area (Å²) in [5, 5.41) is 3.51. The minimum absolute atomic E-state index is 0.191. The summed E-state index contributed by atoms with van der Waals surface area (Å²) < 4.78 is 5.76. The van der Waals surface area contributed by atoms with Crippen molar-refractivity contribution in [3.63, 3.8) is 0 Å². The lowest BCUT2D eigenvalue weighted by Crippen LogP contribution is -2.08. The fourth-order valence-corrected chi connectivity index (χ4v) is 2.41. The molecule has 0 aliphatic rings. The summed E-state index contributed by atoms with van der Waals surface area (Å²) in [7, 11) is 0. The summed E-state index contributed by atoms with van der Waals surface area (Å²) in [6.07, 6.45) is 5.37. The Morgan fingerprint density at radius 1 is 1.25 bits per heavy atom. The highest BCUT2D eigenvalue weighted by Gasteiger charge is 2.04. The van der Waals surface area contributed by atoms with Crippen molar-refractivity contribution in [3.8, 4) is 5.75 Å². The van der Waals surface area contributed by atoms with Crippen molar-refractivity contribution in [2.75, 3.05) is 11.9 Å². The summed E-state index contributed by atoms with van der Waals surface area (Å²) in [5.74, 6) is 0.599. The van der Waals surface area contributed by atoms with Crippen LogP contribution in [0.25, 0.3) is 6.08 Å². The molecular formula is C20H22ClNO2. The second-order valence-corrected chi connectivity index (χ2v) is 5.96. The number of hydrogen-bond acceptors (Lipinski definition) is 2. The van der Waals surface area contributed by atoms with Gasteiger partial charge in [-0.15, -0.1) is 0 Å². The number of unbranched alkanes of at least 4 members (excludes halogenated alkanes) is 1. The molecule has 4 heteroatoms. The number of aryl methyl sites for hydroxylation is 1. The monoisotopic (exact) mass is 343 g/mol. The molecule has 1 amide bonds. The number of carbonyl (C=O) groups excluding carboxylic acids is 1. The Labute approximate surface area is 148 Å². The molecule has 0 aliphatic carbocycles. The summed E-state index contributed by atoms with van der Waals surface area (Å²) in [6.45, 7) is 4.71. The van der Waals surface area contributed by atoms with Crippen molar-refractivity contribution >= 4 is 29.3 Å². The van der Waals surface area contributed by atoms with Gasteiger partial charge in [0.15, 0.2) is 0 Å². The molecule has 2 aromatic rings. The van der Waals surface area contributed by atoms with Gasteiger partial charge < -0.3 is 10.1 Å². The van der Waals surface area contributed by atoms with Crippen LogP contribution in [0.1, 0.15) is 30.9 Å². The van der Waals surface area contributed by atoms with Gasteiger partial charge in [-0.3, -0.25) is 4.79 Å². The van der Waals surface area contributed by atoms with E-state index in [0.29, 0.717) is 11.6 Å². The number of rotatable bonds is 7. The highest BCUT2D eigenvalue weighted by molar-refractivity contribution is 6.30. The van der Waals surface area contributed by atoms with Crippen molar-refractivity contribution in [1.82, 2.24) is 0 Å². The predicted octanol–water partition coefficient (Wildman–Crippen LogP) is 5.48. The van der Waals surface area contributed by atoms with Crippen LogP contribution in [0.5, 0.6) is 5.75 Å². The molecule has 2 aromatic carbocycles. The van der Waals surface area contributed by atoms with E-state index in [1.54, 1.807) is 18.2 Å². The Hall–Kier alpha value is -2.26. The second-order valence-electron chi connectivity index (χ2n) is 5.52. The SMILES string of the molecule is CCCCOc1ccccc1/C=C/C(=O)Nc1ccc(Cl)cc1C. The predicted molar refractivity (Wildman–Crippen MR) is 101 cm³/mol. The molecule has 3 nitrogen and oxygen atoms in total. The minimum Gasteiger partial charge on any atom is -0.493 e. The number of para-hydroxylation sites is 1. The van der Waals surface area contributed by atoms with Crippen molar-refractivity contribution in [3.05, 3.63) is 64.7 Å². The molecule has 0 radical (unpaired) electrons. The van der Waals surface area contributed by atoms with E-state index in [9.17, 15) is 4.79 Å². The quantitative estimate of drug-likeness (QED) is 0.534. The van der Waals surface area contributed by atoms with E-state index >= 15 is 0 Å². The number of carbonyl (C=O) groups is 1. The van der Waals surface area contributed by atoms with Crippen LogP contribution in [0, 0.1) is 6.92 Å². The maximum atomic E-state index is 12.1. The average Bonchev–Trinajstić information content (AvgIpc) is 2.57. The molecule has 0 unspecified atom stereocenters. The molecule has 2 rings (SSSR count). The van der Waals surface area contributed by atoms with Crippen LogP contribution in [0.2, 0.25) is 5.02 Å².